The van der Waals surface area contributed by atoms with Crippen molar-refractivity contribution in [3.05, 3.63) is 64.8 Å². The van der Waals surface area contributed by atoms with Gasteiger partial charge in [0.2, 0.25) is 5.91 Å². The molecule has 1 amide bonds. The topological polar surface area (TPSA) is 88.3 Å². The Morgan fingerprint density at radius 1 is 1.27 bits per heavy atom. The molecule has 0 saturated carbocycles. The van der Waals surface area contributed by atoms with Crippen molar-refractivity contribution in [2.45, 2.75) is 24.8 Å². The summed E-state index contributed by atoms with van der Waals surface area (Å²) in [5, 5.41) is 4.45. The smallest absolute Gasteiger partial charge is 0.221 e. The maximum atomic E-state index is 12.9. The number of ether oxygens (including phenoxy) is 1. The Morgan fingerprint density at radius 2 is 2.03 bits per heavy atom. The minimum atomic E-state index is -3.06. The molecule has 6 nitrogen and oxygen atoms in total. The summed E-state index contributed by atoms with van der Waals surface area (Å²) in [6, 6.07) is 12.9. The molecule has 0 radical (unpaired) electrons. The highest BCUT2D eigenvalue weighted by Crippen LogP contribution is 2.38. The molecule has 3 aromatic rings. The molecular weight excluding hydrogens is 424 g/mol. The number of amides is 1. The molecule has 1 aromatic heterocycles. The Bertz CT molecular complexity index is 1170. The number of nitrogens with one attached hydrogen (secondary N) is 2. The SMILES string of the molecule is COc1cccc2[nH]cc([C@H](CC(=O)N[C@H]3CCS(=O)(=O)C3)c3ccc(Cl)cc3)c12. The van der Waals surface area contributed by atoms with Crippen LogP contribution in [0, 0.1) is 0 Å². The van der Waals surface area contributed by atoms with E-state index in [-0.39, 0.29) is 35.8 Å². The number of carbonyl (C=O) groups excluding carboxylic acids is 1. The fourth-order valence-corrected chi connectivity index (χ4v) is 5.90. The Morgan fingerprint density at radius 3 is 2.70 bits per heavy atom. The molecule has 158 valence electrons. The van der Waals surface area contributed by atoms with Gasteiger partial charge in [-0.25, -0.2) is 8.42 Å². The van der Waals surface area contributed by atoms with E-state index in [1.54, 1.807) is 19.2 Å². The van der Waals surface area contributed by atoms with Crippen LogP contribution in [0.4, 0.5) is 0 Å². The number of fused-ring (bicyclic) bond motifs is 1. The Hall–Kier alpha value is -2.51. The van der Waals surface area contributed by atoms with Gasteiger partial charge in [-0.2, -0.15) is 0 Å². The number of H-pyrrole nitrogens is 1. The second-order valence-corrected chi connectivity index (χ2v) is 10.3. The van der Waals surface area contributed by atoms with E-state index in [4.69, 9.17) is 16.3 Å². The van der Waals surface area contributed by atoms with Gasteiger partial charge in [-0.05, 0) is 41.8 Å². The van der Waals surface area contributed by atoms with Crippen LogP contribution in [0.2, 0.25) is 5.02 Å². The van der Waals surface area contributed by atoms with Crippen molar-refractivity contribution < 1.29 is 17.9 Å². The summed E-state index contributed by atoms with van der Waals surface area (Å²) in [4.78, 5) is 16.1. The first kappa shape index (κ1) is 20.8. The molecule has 8 heteroatoms. The van der Waals surface area contributed by atoms with Crippen LogP contribution in [-0.2, 0) is 14.6 Å². The zero-order chi connectivity index (χ0) is 21.3. The van der Waals surface area contributed by atoms with Gasteiger partial charge in [0, 0.05) is 40.5 Å². The van der Waals surface area contributed by atoms with Crippen LogP contribution < -0.4 is 10.1 Å². The van der Waals surface area contributed by atoms with Gasteiger partial charge in [-0.3, -0.25) is 4.79 Å². The number of aromatic nitrogens is 1. The predicted octanol–water partition coefficient (Wildman–Crippen LogP) is 3.66. The van der Waals surface area contributed by atoms with Crippen LogP contribution in [0.15, 0.2) is 48.7 Å². The first-order valence-corrected chi connectivity index (χ1v) is 12.0. The summed E-state index contributed by atoms with van der Waals surface area (Å²) in [6.45, 7) is 0. The van der Waals surface area contributed by atoms with E-state index in [9.17, 15) is 13.2 Å². The number of rotatable bonds is 6. The molecule has 1 aliphatic rings. The molecule has 2 N–H and O–H groups in total. The zero-order valence-corrected chi connectivity index (χ0v) is 18.1. The first-order chi connectivity index (χ1) is 14.4. The molecule has 0 unspecified atom stereocenters. The lowest BCUT2D eigenvalue weighted by Crippen LogP contribution is -2.36. The lowest BCUT2D eigenvalue weighted by molar-refractivity contribution is -0.121. The van der Waals surface area contributed by atoms with E-state index in [1.807, 2.05) is 36.5 Å². The third kappa shape index (κ3) is 4.32. The summed E-state index contributed by atoms with van der Waals surface area (Å²) in [5.74, 6) is 0.431. The second-order valence-electron chi connectivity index (χ2n) is 7.60. The number of hydrogen-bond donors (Lipinski definition) is 2. The van der Waals surface area contributed by atoms with Gasteiger partial charge in [-0.15, -0.1) is 0 Å². The van der Waals surface area contributed by atoms with E-state index in [1.165, 1.54) is 0 Å². The number of carbonyl (C=O) groups is 1. The third-order valence-corrected chi connectivity index (χ3v) is 7.57. The Balaban J connectivity index is 1.67. The van der Waals surface area contributed by atoms with E-state index >= 15 is 0 Å². The summed E-state index contributed by atoms with van der Waals surface area (Å²) in [7, 11) is -1.44. The van der Waals surface area contributed by atoms with Crippen molar-refractivity contribution in [3.63, 3.8) is 0 Å². The average molecular weight is 447 g/mol. The molecule has 4 rings (SSSR count). The quantitative estimate of drug-likeness (QED) is 0.604. The summed E-state index contributed by atoms with van der Waals surface area (Å²) in [5.41, 5.74) is 2.81. The Kier molecular flexibility index (Phi) is 5.75. The van der Waals surface area contributed by atoms with E-state index in [0.717, 1.165) is 27.8 Å². The summed E-state index contributed by atoms with van der Waals surface area (Å²) in [6.07, 6.45) is 2.55. The minimum absolute atomic E-state index is 0.00522. The molecule has 2 aromatic carbocycles. The molecule has 30 heavy (non-hydrogen) atoms. The fraction of sp³-hybridized carbons (Fsp3) is 0.318. The van der Waals surface area contributed by atoms with Crippen molar-refractivity contribution >= 4 is 38.2 Å². The normalized spacial score (nSPS) is 18.9. The minimum Gasteiger partial charge on any atom is -0.496 e. The third-order valence-electron chi connectivity index (χ3n) is 5.55. The number of benzene rings is 2. The van der Waals surface area contributed by atoms with Crippen LogP contribution in [0.1, 0.15) is 29.9 Å². The first-order valence-electron chi connectivity index (χ1n) is 9.75. The zero-order valence-electron chi connectivity index (χ0n) is 16.5. The van der Waals surface area contributed by atoms with Crippen LogP contribution in [0.25, 0.3) is 10.9 Å². The molecule has 0 aliphatic carbocycles. The lowest BCUT2D eigenvalue weighted by Gasteiger charge is -2.19. The highest BCUT2D eigenvalue weighted by molar-refractivity contribution is 7.91. The molecule has 2 heterocycles. The second kappa shape index (κ2) is 8.32. The number of methoxy groups -OCH3 is 1. The van der Waals surface area contributed by atoms with Crippen molar-refractivity contribution in [3.8, 4) is 5.75 Å². The van der Waals surface area contributed by atoms with E-state index in [0.29, 0.717) is 11.4 Å². The number of sulfone groups is 1. The molecule has 1 saturated heterocycles. The van der Waals surface area contributed by atoms with Gasteiger partial charge in [-0.1, -0.05) is 29.8 Å². The molecular formula is C22H23ClN2O4S. The van der Waals surface area contributed by atoms with Crippen LogP contribution in [-0.4, -0.2) is 44.0 Å². The molecule has 0 bridgehead atoms. The lowest BCUT2D eigenvalue weighted by atomic mass is 9.87. The van der Waals surface area contributed by atoms with Crippen molar-refractivity contribution in [1.82, 2.24) is 10.3 Å². The monoisotopic (exact) mass is 446 g/mol. The maximum Gasteiger partial charge on any atom is 0.221 e. The maximum absolute atomic E-state index is 12.9. The van der Waals surface area contributed by atoms with Crippen molar-refractivity contribution in [2.24, 2.45) is 0 Å². The standard InChI is InChI=1S/C22H23ClN2O4S/c1-29-20-4-2-3-19-22(20)18(12-24-19)17(14-5-7-15(23)8-6-14)11-21(26)25-16-9-10-30(27,28)13-16/h2-8,12,16-17,24H,9-11,13H2,1H3,(H,25,26)/t16-,17+/m0/s1. The summed E-state index contributed by atoms with van der Waals surface area (Å²) < 4.78 is 29.0. The van der Waals surface area contributed by atoms with E-state index in [2.05, 4.69) is 10.3 Å². The highest BCUT2D eigenvalue weighted by Gasteiger charge is 2.30. The molecule has 1 fully saturated rings. The number of aromatic amines is 1. The highest BCUT2D eigenvalue weighted by atomic mass is 35.5. The van der Waals surface area contributed by atoms with Crippen LogP contribution in [0.3, 0.4) is 0 Å². The Labute approximate surface area is 180 Å². The van der Waals surface area contributed by atoms with Gasteiger partial charge in [0.1, 0.15) is 5.75 Å². The largest absolute Gasteiger partial charge is 0.496 e. The van der Waals surface area contributed by atoms with Gasteiger partial charge >= 0.3 is 0 Å². The average Bonchev–Trinajstić information content (AvgIpc) is 3.29. The molecule has 1 aliphatic heterocycles. The summed E-state index contributed by atoms with van der Waals surface area (Å²) >= 11 is 6.07. The van der Waals surface area contributed by atoms with Gasteiger partial charge in [0.05, 0.1) is 18.6 Å². The number of halogens is 1. The van der Waals surface area contributed by atoms with Gasteiger partial charge in [0.15, 0.2) is 9.84 Å². The van der Waals surface area contributed by atoms with Crippen molar-refractivity contribution in [1.29, 1.82) is 0 Å². The molecule has 2 atom stereocenters. The van der Waals surface area contributed by atoms with Crippen molar-refractivity contribution in [2.75, 3.05) is 18.6 Å². The number of hydrogen-bond acceptors (Lipinski definition) is 4. The van der Waals surface area contributed by atoms with Crippen LogP contribution >= 0.6 is 11.6 Å². The fourth-order valence-electron chi connectivity index (χ4n) is 4.11. The van der Waals surface area contributed by atoms with Gasteiger partial charge < -0.3 is 15.0 Å². The predicted molar refractivity (Wildman–Crippen MR) is 118 cm³/mol. The van der Waals surface area contributed by atoms with Crippen LogP contribution in [0.5, 0.6) is 5.75 Å². The molecule has 0 spiro atoms. The van der Waals surface area contributed by atoms with E-state index < -0.39 is 9.84 Å². The van der Waals surface area contributed by atoms with Gasteiger partial charge in [0.25, 0.3) is 0 Å².